The number of nitrogens with one attached hydrogen (secondary N) is 2. The number of carbonyl (C=O) groups is 1. The first-order valence-corrected chi connectivity index (χ1v) is 11.1. The summed E-state index contributed by atoms with van der Waals surface area (Å²) >= 11 is 0. The standard InChI is InChI=1S/C21H25N5O3S/c1-15-4-5-16(2)20(12-15)30(28,29)24-11-10-21(27)25-17(3)18-6-8-19(9-7-18)26-14-22-13-23-26/h4-9,12-14,17,24H,10-11H2,1-3H3,(H,25,27). The molecule has 0 aliphatic rings. The van der Waals surface area contributed by atoms with Crippen molar-refractivity contribution in [1.82, 2.24) is 24.8 Å². The van der Waals surface area contributed by atoms with Crippen LogP contribution in [0.1, 0.15) is 36.1 Å². The topological polar surface area (TPSA) is 106 Å². The highest BCUT2D eigenvalue weighted by molar-refractivity contribution is 7.89. The first kappa shape index (κ1) is 21.7. The summed E-state index contributed by atoms with van der Waals surface area (Å²) in [5, 5.41) is 6.96. The minimum Gasteiger partial charge on any atom is -0.350 e. The fraction of sp³-hybridized carbons (Fsp3) is 0.286. The van der Waals surface area contributed by atoms with E-state index in [4.69, 9.17) is 0 Å². The highest BCUT2D eigenvalue weighted by atomic mass is 32.2. The SMILES string of the molecule is Cc1ccc(C)c(S(=O)(=O)NCCC(=O)NC(C)c2ccc(-n3cncn3)cc2)c1. The summed E-state index contributed by atoms with van der Waals surface area (Å²) in [5.74, 6) is -0.230. The quantitative estimate of drug-likeness (QED) is 0.574. The molecule has 0 radical (unpaired) electrons. The Hall–Kier alpha value is -3.04. The molecule has 158 valence electrons. The van der Waals surface area contributed by atoms with Gasteiger partial charge in [-0.2, -0.15) is 5.10 Å². The van der Waals surface area contributed by atoms with Gasteiger partial charge >= 0.3 is 0 Å². The Kier molecular flexibility index (Phi) is 6.63. The molecule has 0 aliphatic heterocycles. The number of rotatable bonds is 8. The monoisotopic (exact) mass is 427 g/mol. The van der Waals surface area contributed by atoms with E-state index in [0.717, 1.165) is 16.8 Å². The lowest BCUT2D eigenvalue weighted by Crippen LogP contribution is -2.32. The van der Waals surface area contributed by atoms with Crippen LogP contribution in [0, 0.1) is 13.8 Å². The number of amides is 1. The second-order valence-electron chi connectivity index (χ2n) is 7.14. The number of nitrogens with zero attached hydrogens (tertiary/aromatic N) is 3. The van der Waals surface area contributed by atoms with Crippen LogP contribution in [0.15, 0.2) is 60.0 Å². The highest BCUT2D eigenvalue weighted by Gasteiger charge is 2.17. The third kappa shape index (κ3) is 5.31. The van der Waals surface area contributed by atoms with Crippen molar-refractivity contribution >= 4 is 15.9 Å². The number of aryl methyl sites for hydroxylation is 2. The fourth-order valence-electron chi connectivity index (χ4n) is 3.03. The lowest BCUT2D eigenvalue weighted by atomic mass is 10.1. The largest absolute Gasteiger partial charge is 0.350 e. The third-order valence-electron chi connectivity index (χ3n) is 4.73. The molecule has 1 amide bonds. The second-order valence-corrected chi connectivity index (χ2v) is 8.87. The van der Waals surface area contributed by atoms with Crippen molar-refractivity contribution in [2.75, 3.05) is 6.54 Å². The summed E-state index contributed by atoms with van der Waals surface area (Å²) in [4.78, 5) is 16.4. The summed E-state index contributed by atoms with van der Waals surface area (Å²) in [7, 11) is -3.66. The van der Waals surface area contributed by atoms with Gasteiger partial charge in [0.05, 0.1) is 16.6 Å². The zero-order valence-corrected chi connectivity index (χ0v) is 18.0. The maximum Gasteiger partial charge on any atom is 0.240 e. The molecule has 1 aromatic heterocycles. The van der Waals surface area contributed by atoms with Crippen LogP contribution in [-0.4, -0.2) is 35.6 Å². The molecule has 1 heterocycles. The molecule has 0 saturated heterocycles. The van der Waals surface area contributed by atoms with Gasteiger partial charge in [0, 0.05) is 13.0 Å². The normalized spacial score (nSPS) is 12.5. The van der Waals surface area contributed by atoms with Gasteiger partial charge in [-0.3, -0.25) is 4.79 Å². The third-order valence-corrected chi connectivity index (χ3v) is 6.33. The van der Waals surface area contributed by atoms with E-state index in [-0.39, 0.29) is 29.8 Å². The molecule has 1 atom stereocenters. The van der Waals surface area contributed by atoms with Crippen molar-refractivity contribution in [2.45, 2.75) is 38.1 Å². The number of sulfonamides is 1. The average Bonchev–Trinajstić information content (AvgIpc) is 3.24. The van der Waals surface area contributed by atoms with Gasteiger partial charge in [-0.1, -0.05) is 24.3 Å². The molecular weight excluding hydrogens is 402 g/mol. The number of benzene rings is 2. The van der Waals surface area contributed by atoms with Gasteiger partial charge < -0.3 is 5.32 Å². The first-order chi connectivity index (χ1) is 14.3. The van der Waals surface area contributed by atoms with E-state index in [2.05, 4.69) is 20.1 Å². The van der Waals surface area contributed by atoms with Crippen LogP contribution in [-0.2, 0) is 14.8 Å². The van der Waals surface area contributed by atoms with Crippen molar-refractivity contribution < 1.29 is 13.2 Å². The van der Waals surface area contributed by atoms with Crippen molar-refractivity contribution in [1.29, 1.82) is 0 Å². The van der Waals surface area contributed by atoms with Crippen LogP contribution < -0.4 is 10.0 Å². The zero-order chi connectivity index (χ0) is 21.7. The first-order valence-electron chi connectivity index (χ1n) is 9.57. The fourth-order valence-corrected chi connectivity index (χ4v) is 4.39. The lowest BCUT2D eigenvalue weighted by Gasteiger charge is -2.15. The molecule has 0 bridgehead atoms. The molecule has 2 N–H and O–H groups in total. The summed E-state index contributed by atoms with van der Waals surface area (Å²) in [5.41, 5.74) is 3.33. The molecule has 9 heteroatoms. The molecule has 1 unspecified atom stereocenters. The molecule has 8 nitrogen and oxygen atoms in total. The molecule has 0 fully saturated rings. The molecule has 3 aromatic rings. The number of aromatic nitrogens is 3. The molecular formula is C21H25N5O3S. The van der Waals surface area contributed by atoms with Gasteiger partial charge in [0.2, 0.25) is 15.9 Å². The van der Waals surface area contributed by atoms with E-state index in [1.165, 1.54) is 6.33 Å². The Labute approximate surface area is 176 Å². The van der Waals surface area contributed by atoms with Crippen LogP contribution in [0.3, 0.4) is 0 Å². The van der Waals surface area contributed by atoms with Crippen molar-refractivity contribution in [3.05, 3.63) is 71.8 Å². The van der Waals surface area contributed by atoms with Crippen LogP contribution in [0.25, 0.3) is 5.69 Å². The Morgan fingerprint density at radius 3 is 2.53 bits per heavy atom. The Bertz CT molecular complexity index is 1110. The molecule has 0 spiro atoms. The smallest absolute Gasteiger partial charge is 0.240 e. The van der Waals surface area contributed by atoms with E-state index in [0.29, 0.717) is 5.56 Å². The van der Waals surface area contributed by atoms with Crippen molar-refractivity contribution in [2.24, 2.45) is 0 Å². The van der Waals surface area contributed by atoms with Crippen LogP contribution in [0.2, 0.25) is 0 Å². The average molecular weight is 428 g/mol. The van der Waals surface area contributed by atoms with Crippen LogP contribution in [0.5, 0.6) is 0 Å². The van der Waals surface area contributed by atoms with Gasteiger partial charge in [0.1, 0.15) is 12.7 Å². The number of carbonyl (C=O) groups excluding carboxylic acids is 1. The molecule has 30 heavy (non-hydrogen) atoms. The Morgan fingerprint density at radius 1 is 1.13 bits per heavy atom. The maximum atomic E-state index is 12.5. The number of hydrogen-bond acceptors (Lipinski definition) is 5. The highest BCUT2D eigenvalue weighted by Crippen LogP contribution is 2.17. The van der Waals surface area contributed by atoms with E-state index >= 15 is 0 Å². The van der Waals surface area contributed by atoms with Crippen molar-refractivity contribution in [3.8, 4) is 5.69 Å². The van der Waals surface area contributed by atoms with Gasteiger partial charge in [-0.15, -0.1) is 0 Å². The molecule has 0 aliphatic carbocycles. The maximum absolute atomic E-state index is 12.5. The van der Waals surface area contributed by atoms with E-state index in [9.17, 15) is 13.2 Å². The summed E-state index contributed by atoms with van der Waals surface area (Å²) in [6.45, 7) is 5.49. The van der Waals surface area contributed by atoms with Crippen molar-refractivity contribution in [3.63, 3.8) is 0 Å². The van der Waals surface area contributed by atoms with Gasteiger partial charge in [0.15, 0.2) is 0 Å². The second kappa shape index (κ2) is 9.19. The minimum absolute atomic E-state index is 0.0273. The predicted octanol–water partition coefficient (Wildman–Crippen LogP) is 2.43. The van der Waals surface area contributed by atoms with E-state index in [1.54, 1.807) is 30.1 Å². The van der Waals surface area contributed by atoms with Gasteiger partial charge in [0.25, 0.3) is 0 Å². The van der Waals surface area contributed by atoms with Gasteiger partial charge in [-0.25, -0.2) is 22.8 Å². The lowest BCUT2D eigenvalue weighted by molar-refractivity contribution is -0.121. The molecule has 2 aromatic carbocycles. The predicted molar refractivity (Wildman–Crippen MR) is 114 cm³/mol. The summed E-state index contributed by atoms with van der Waals surface area (Å²) < 4.78 is 29.2. The van der Waals surface area contributed by atoms with E-state index < -0.39 is 10.0 Å². The molecule has 3 rings (SSSR count). The van der Waals surface area contributed by atoms with Crippen LogP contribution in [0.4, 0.5) is 0 Å². The van der Waals surface area contributed by atoms with Gasteiger partial charge in [-0.05, 0) is 55.7 Å². The minimum atomic E-state index is -3.66. The Morgan fingerprint density at radius 2 is 1.87 bits per heavy atom. The Balaban J connectivity index is 1.52. The van der Waals surface area contributed by atoms with Crippen LogP contribution >= 0.6 is 0 Å². The zero-order valence-electron chi connectivity index (χ0n) is 17.2. The summed E-state index contributed by atoms with van der Waals surface area (Å²) in [6, 6.07) is 12.7. The molecule has 0 saturated carbocycles. The number of hydrogen-bond donors (Lipinski definition) is 2. The summed E-state index contributed by atoms with van der Waals surface area (Å²) in [6.07, 6.45) is 3.12. The van der Waals surface area contributed by atoms with E-state index in [1.807, 2.05) is 44.2 Å².